The van der Waals surface area contributed by atoms with Gasteiger partial charge in [0.25, 0.3) is 0 Å². The average Bonchev–Trinajstić information content (AvgIpc) is 2.46. The van der Waals surface area contributed by atoms with Crippen molar-refractivity contribution < 1.29 is 0 Å². The van der Waals surface area contributed by atoms with E-state index in [0.717, 1.165) is 24.0 Å². The second-order valence-corrected chi connectivity index (χ2v) is 5.63. The molecule has 0 aliphatic carbocycles. The first kappa shape index (κ1) is 14.1. The van der Waals surface area contributed by atoms with E-state index in [2.05, 4.69) is 42.0 Å². The largest absolute Gasteiger partial charge is 0.373 e. The molecule has 1 aliphatic heterocycles. The molecule has 0 radical (unpaired) electrons. The van der Waals surface area contributed by atoms with Crippen molar-refractivity contribution in [3.8, 4) is 0 Å². The van der Waals surface area contributed by atoms with Crippen LogP contribution in [0.4, 0.5) is 11.6 Å². The highest BCUT2D eigenvalue weighted by Gasteiger charge is 2.23. The van der Waals surface area contributed by atoms with Gasteiger partial charge in [-0.1, -0.05) is 20.8 Å². The van der Waals surface area contributed by atoms with Crippen LogP contribution in [0.2, 0.25) is 0 Å². The Bertz CT molecular complexity index is 417. The highest BCUT2D eigenvalue weighted by molar-refractivity contribution is 5.50. The summed E-state index contributed by atoms with van der Waals surface area (Å²) in [6.45, 7) is 7.68. The number of piperidine rings is 1. The van der Waals surface area contributed by atoms with Crippen LogP contribution in [0.15, 0.2) is 6.07 Å². The first-order chi connectivity index (χ1) is 9.15. The van der Waals surface area contributed by atoms with Crippen molar-refractivity contribution in [3.05, 3.63) is 11.9 Å². The molecule has 1 fully saturated rings. The van der Waals surface area contributed by atoms with Gasteiger partial charge in [-0.15, -0.1) is 0 Å². The molecule has 19 heavy (non-hydrogen) atoms. The summed E-state index contributed by atoms with van der Waals surface area (Å²) in [7, 11) is 1.92. The van der Waals surface area contributed by atoms with Gasteiger partial charge in [-0.2, -0.15) is 0 Å². The summed E-state index contributed by atoms with van der Waals surface area (Å²) in [5, 5.41) is 3.16. The Morgan fingerprint density at radius 1 is 1.37 bits per heavy atom. The molecule has 1 aromatic heterocycles. The third-order valence-corrected chi connectivity index (χ3v) is 3.90. The van der Waals surface area contributed by atoms with Gasteiger partial charge in [-0.3, -0.25) is 0 Å². The lowest BCUT2D eigenvalue weighted by molar-refractivity contribution is 0.446. The maximum absolute atomic E-state index is 4.78. The van der Waals surface area contributed by atoms with Crippen LogP contribution < -0.4 is 10.2 Å². The van der Waals surface area contributed by atoms with E-state index < -0.39 is 0 Å². The molecule has 4 heteroatoms. The Hall–Kier alpha value is -1.32. The van der Waals surface area contributed by atoms with Crippen molar-refractivity contribution in [2.75, 3.05) is 23.8 Å². The van der Waals surface area contributed by atoms with Gasteiger partial charge in [0.15, 0.2) is 0 Å². The molecule has 1 N–H and O–H groups in total. The summed E-state index contributed by atoms with van der Waals surface area (Å²) < 4.78 is 0. The minimum Gasteiger partial charge on any atom is -0.373 e. The number of anilines is 2. The molecule has 4 nitrogen and oxygen atoms in total. The third kappa shape index (κ3) is 3.17. The predicted molar refractivity (Wildman–Crippen MR) is 80.9 cm³/mol. The van der Waals surface area contributed by atoms with Crippen molar-refractivity contribution in [3.63, 3.8) is 0 Å². The fourth-order valence-electron chi connectivity index (χ4n) is 2.71. The van der Waals surface area contributed by atoms with Crippen molar-refractivity contribution >= 4 is 11.6 Å². The van der Waals surface area contributed by atoms with Crippen LogP contribution >= 0.6 is 0 Å². The summed E-state index contributed by atoms with van der Waals surface area (Å²) in [6.07, 6.45) is 5.09. The molecule has 1 aromatic rings. The molecule has 1 unspecified atom stereocenters. The average molecular weight is 262 g/mol. The molecule has 1 saturated heterocycles. The number of aromatic nitrogens is 2. The lowest BCUT2D eigenvalue weighted by Gasteiger charge is -2.36. The highest BCUT2D eigenvalue weighted by atomic mass is 15.2. The van der Waals surface area contributed by atoms with Crippen LogP contribution in [-0.4, -0.2) is 29.6 Å². The van der Waals surface area contributed by atoms with Gasteiger partial charge in [0.1, 0.15) is 17.5 Å². The van der Waals surface area contributed by atoms with Crippen LogP contribution in [0.1, 0.15) is 58.2 Å². The standard InChI is InChI=1S/C15H26N4/c1-5-12-8-6-7-9-19(12)14-10-13(16-4)17-15(18-14)11(2)3/h10-12H,5-9H2,1-4H3,(H,16,17,18). The van der Waals surface area contributed by atoms with E-state index in [9.17, 15) is 0 Å². The Kier molecular flexibility index (Phi) is 4.61. The quantitative estimate of drug-likeness (QED) is 0.903. The van der Waals surface area contributed by atoms with E-state index in [1.807, 2.05) is 7.05 Å². The normalized spacial score (nSPS) is 19.8. The highest BCUT2D eigenvalue weighted by Crippen LogP contribution is 2.27. The number of nitrogens with one attached hydrogen (secondary N) is 1. The smallest absolute Gasteiger partial charge is 0.135 e. The van der Waals surface area contributed by atoms with E-state index in [0.29, 0.717) is 12.0 Å². The molecular weight excluding hydrogens is 236 g/mol. The van der Waals surface area contributed by atoms with E-state index in [4.69, 9.17) is 4.98 Å². The number of hydrogen-bond acceptors (Lipinski definition) is 4. The molecule has 2 heterocycles. The molecule has 0 spiro atoms. The number of nitrogens with zero attached hydrogens (tertiary/aromatic N) is 3. The van der Waals surface area contributed by atoms with Crippen LogP contribution in [0.3, 0.4) is 0 Å². The van der Waals surface area contributed by atoms with Crippen LogP contribution in [0, 0.1) is 0 Å². The minimum atomic E-state index is 0.358. The van der Waals surface area contributed by atoms with Crippen LogP contribution in [-0.2, 0) is 0 Å². The van der Waals surface area contributed by atoms with Crippen molar-refractivity contribution in [2.24, 2.45) is 0 Å². The van der Waals surface area contributed by atoms with E-state index >= 15 is 0 Å². The van der Waals surface area contributed by atoms with Gasteiger partial charge in [0.05, 0.1) is 0 Å². The summed E-state index contributed by atoms with van der Waals surface area (Å²) in [5.74, 6) is 3.31. The van der Waals surface area contributed by atoms with E-state index in [-0.39, 0.29) is 0 Å². The van der Waals surface area contributed by atoms with Crippen molar-refractivity contribution in [1.29, 1.82) is 0 Å². The fraction of sp³-hybridized carbons (Fsp3) is 0.733. The van der Waals surface area contributed by atoms with Gasteiger partial charge in [0.2, 0.25) is 0 Å². The minimum absolute atomic E-state index is 0.358. The van der Waals surface area contributed by atoms with Crippen LogP contribution in [0.25, 0.3) is 0 Å². The maximum Gasteiger partial charge on any atom is 0.135 e. The fourth-order valence-corrected chi connectivity index (χ4v) is 2.71. The molecule has 0 bridgehead atoms. The summed E-state index contributed by atoms with van der Waals surface area (Å²) in [6, 6.07) is 2.72. The second kappa shape index (κ2) is 6.22. The lowest BCUT2D eigenvalue weighted by Crippen LogP contribution is -2.39. The Morgan fingerprint density at radius 2 is 2.16 bits per heavy atom. The van der Waals surface area contributed by atoms with E-state index in [1.165, 1.54) is 25.7 Å². The molecule has 2 rings (SSSR count). The van der Waals surface area contributed by atoms with Crippen molar-refractivity contribution in [1.82, 2.24) is 9.97 Å². The van der Waals surface area contributed by atoms with Gasteiger partial charge >= 0.3 is 0 Å². The Labute approximate surface area is 116 Å². The number of rotatable bonds is 4. The molecular formula is C15H26N4. The van der Waals surface area contributed by atoms with Gasteiger partial charge in [0, 0.05) is 31.6 Å². The molecule has 0 amide bonds. The zero-order chi connectivity index (χ0) is 13.8. The SMILES string of the molecule is CCC1CCCCN1c1cc(NC)nc(C(C)C)n1. The Balaban J connectivity index is 2.33. The van der Waals surface area contributed by atoms with Crippen LogP contribution in [0.5, 0.6) is 0 Å². The topological polar surface area (TPSA) is 41.0 Å². The molecule has 106 valence electrons. The van der Waals surface area contributed by atoms with E-state index in [1.54, 1.807) is 0 Å². The van der Waals surface area contributed by atoms with Gasteiger partial charge in [-0.05, 0) is 25.7 Å². The predicted octanol–water partition coefficient (Wildman–Crippen LogP) is 3.41. The zero-order valence-electron chi connectivity index (χ0n) is 12.6. The lowest BCUT2D eigenvalue weighted by atomic mass is 10.00. The summed E-state index contributed by atoms with van der Waals surface area (Å²) in [4.78, 5) is 11.8. The second-order valence-electron chi connectivity index (χ2n) is 5.63. The maximum atomic E-state index is 4.78. The molecule has 0 aromatic carbocycles. The van der Waals surface area contributed by atoms with Gasteiger partial charge in [-0.25, -0.2) is 9.97 Å². The Morgan fingerprint density at radius 3 is 2.79 bits per heavy atom. The molecule has 1 atom stereocenters. The zero-order valence-corrected chi connectivity index (χ0v) is 12.6. The summed E-state index contributed by atoms with van der Waals surface area (Å²) in [5.41, 5.74) is 0. The third-order valence-electron chi connectivity index (χ3n) is 3.90. The van der Waals surface area contributed by atoms with Gasteiger partial charge < -0.3 is 10.2 Å². The first-order valence-corrected chi connectivity index (χ1v) is 7.49. The molecule has 0 saturated carbocycles. The monoisotopic (exact) mass is 262 g/mol. The number of hydrogen-bond donors (Lipinski definition) is 1. The summed E-state index contributed by atoms with van der Waals surface area (Å²) >= 11 is 0. The first-order valence-electron chi connectivity index (χ1n) is 7.49. The molecule has 1 aliphatic rings. The van der Waals surface area contributed by atoms with Crippen molar-refractivity contribution in [2.45, 2.75) is 58.4 Å².